The van der Waals surface area contributed by atoms with Crippen LogP contribution in [0.15, 0.2) is 99.3 Å². The van der Waals surface area contributed by atoms with Gasteiger partial charge in [0.2, 0.25) is 6.79 Å². The van der Waals surface area contributed by atoms with Crippen LogP contribution in [0.1, 0.15) is 15.9 Å². The summed E-state index contributed by atoms with van der Waals surface area (Å²) in [7, 11) is 0. The van der Waals surface area contributed by atoms with E-state index < -0.39 is 5.97 Å². The molecule has 0 radical (unpaired) electrons. The van der Waals surface area contributed by atoms with Gasteiger partial charge in [0.25, 0.3) is 5.56 Å². The first kappa shape index (κ1) is 24.8. The Labute approximate surface area is 235 Å². The van der Waals surface area contributed by atoms with Crippen molar-refractivity contribution in [1.82, 2.24) is 9.66 Å². The van der Waals surface area contributed by atoms with Crippen LogP contribution in [-0.4, -0.2) is 28.6 Å². The lowest BCUT2D eigenvalue weighted by atomic mass is 10.2. The van der Waals surface area contributed by atoms with Crippen LogP contribution < -0.4 is 19.8 Å². The van der Waals surface area contributed by atoms with Crippen LogP contribution in [0.3, 0.4) is 0 Å². The van der Waals surface area contributed by atoms with Crippen molar-refractivity contribution in [3.63, 3.8) is 0 Å². The molecule has 1 aliphatic heterocycles. The molecule has 2 heterocycles. The molecule has 0 spiro atoms. The molecule has 0 amide bonds. The van der Waals surface area contributed by atoms with E-state index in [9.17, 15) is 9.59 Å². The minimum Gasteiger partial charge on any atom is -0.454 e. The van der Waals surface area contributed by atoms with Crippen LogP contribution >= 0.6 is 27.5 Å². The summed E-state index contributed by atoms with van der Waals surface area (Å²) in [5.74, 6) is 1.03. The van der Waals surface area contributed by atoms with Gasteiger partial charge in [0, 0.05) is 20.6 Å². The second-order valence-corrected chi connectivity index (χ2v) is 9.81. The second-order valence-electron chi connectivity index (χ2n) is 8.46. The largest absolute Gasteiger partial charge is 0.454 e. The number of hydrogen-bond acceptors (Lipinski definition) is 7. The molecule has 39 heavy (non-hydrogen) atoms. The van der Waals surface area contributed by atoms with Gasteiger partial charge in [0.1, 0.15) is 5.75 Å². The average Bonchev–Trinajstić information content (AvgIpc) is 3.42. The highest BCUT2D eigenvalue weighted by Gasteiger charge is 2.19. The third-order valence-corrected chi connectivity index (χ3v) is 6.70. The van der Waals surface area contributed by atoms with Crippen molar-refractivity contribution in [3.05, 3.63) is 116 Å². The smallest absolute Gasteiger partial charge is 0.343 e. The topological polar surface area (TPSA) is 92.0 Å². The van der Waals surface area contributed by atoms with Crippen molar-refractivity contribution in [2.24, 2.45) is 5.10 Å². The van der Waals surface area contributed by atoms with Gasteiger partial charge in [-0.1, -0.05) is 39.7 Å². The molecule has 192 valence electrons. The van der Waals surface area contributed by atoms with Gasteiger partial charge in [0.15, 0.2) is 17.3 Å². The molecular weight excluding hydrogens is 586 g/mol. The fourth-order valence-corrected chi connectivity index (χ4v) is 4.54. The van der Waals surface area contributed by atoms with Crippen LogP contribution in [0, 0.1) is 0 Å². The molecule has 0 N–H and O–H groups in total. The Balaban J connectivity index is 1.40. The van der Waals surface area contributed by atoms with Crippen LogP contribution in [-0.2, 0) is 0 Å². The third kappa shape index (κ3) is 5.01. The Morgan fingerprint density at radius 2 is 1.79 bits per heavy atom. The highest BCUT2D eigenvalue weighted by atomic mass is 79.9. The number of esters is 1. The fraction of sp³-hybridized carbons (Fsp3) is 0.0345. The monoisotopic (exact) mass is 601 g/mol. The van der Waals surface area contributed by atoms with E-state index in [1.807, 2.05) is 6.07 Å². The van der Waals surface area contributed by atoms with Crippen LogP contribution in [0.4, 0.5) is 0 Å². The van der Waals surface area contributed by atoms with Crippen molar-refractivity contribution in [2.45, 2.75) is 0 Å². The number of fused-ring (bicyclic) bond motifs is 2. The normalized spacial score (nSPS) is 12.3. The first-order valence-electron chi connectivity index (χ1n) is 11.7. The lowest BCUT2D eigenvalue weighted by Gasteiger charge is -2.11. The molecule has 5 aromatic rings. The molecule has 1 aromatic heterocycles. The van der Waals surface area contributed by atoms with E-state index in [-0.39, 0.29) is 18.1 Å². The van der Waals surface area contributed by atoms with Crippen molar-refractivity contribution < 1.29 is 19.0 Å². The zero-order valence-electron chi connectivity index (χ0n) is 20.0. The SMILES string of the molecule is O=C(Oc1ccc(Br)cc1C=Nn1c(-c2ccc(Cl)cc2)nc2ccccc2c1=O)c1ccc2c(c1)OCO2. The molecule has 0 fully saturated rings. The zero-order valence-corrected chi connectivity index (χ0v) is 22.3. The number of ether oxygens (including phenoxy) is 3. The highest BCUT2D eigenvalue weighted by Crippen LogP contribution is 2.33. The van der Waals surface area contributed by atoms with Crippen molar-refractivity contribution in [2.75, 3.05) is 6.79 Å². The third-order valence-electron chi connectivity index (χ3n) is 5.95. The predicted molar refractivity (Wildman–Crippen MR) is 151 cm³/mol. The maximum absolute atomic E-state index is 13.5. The number of halogens is 2. The van der Waals surface area contributed by atoms with Crippen LogP contribution in [0.2, 0.25) is 5.02 Å². The van der Waals surface area contributed by atoms with E-state index in [2.05, 4.69) is 21.0 Å². The van der Waals surface area contributed by atoms with Gasteiger partial charge in [-0.05, 0) is 72.8 Å². The molecule has 6 rings (SSSR count). The molecule has 0 atom stereocenters. The standard InChI is InChI=1S/C29H17BrClN3O5/c30-20-8-12-24(39-29(36)18-7-11-25-26(14-18)38-16-37-25)19(13-20)15-32-34-27(17-5-9-21(31)10-6-17)33-23-4-2-1-3-22(23)28(34)35/h1-15H,16H2. The summed E-state index contributed by atoms with van der Waals surface area (Å²) in [5, 5.41) is 5.46. The molecule has 1 aliphatic rings. The molecule has 0 saturated carbocycles. The number of hydrogen-bond donors (Lipinski definition) is 0. The number of benzene rings is 4. The summed E-state index contributed by atoms with van der Waals surface area (Å²) >= 11 is 9.52. The minimum atomic E-state index is -0.586. The van der Waals surface area contributed by atoms with Gasteiger partial charge < -0.3 is 14.2 Å². The van der Waals surface area contributed by atoms with Gasteiger partial charge in [0.05, 0.1) is 22.7 Å². The number of para-hydroxylation sites is 1. The summed E-state index contributed by atoms with van der Waals surface area (Å²) in [5.41, 5.74) is 1.60. The molecule has 10 heteroatoms. The van der Waals surface area contributed by atoms with Crippen molar-refractivity contribution in [1.29, 1.82) is 0 Å². The van der Waals surface area contributed by atoms with Gasteiger partial charge in [-0.25, -0.2) is 9.78 Å². The quantitative estimate of drug-likeness (QED) is 0.133. The van der Waals surface area contributed by atoms with Gasteiger partial charge in [-0.2, -0.15) is 9.78 Å². The predicted octanol–water partition coefficient (Wildman–Crippen LogP) is 6.31. The van der Waals surface area contributed by atoms with Gasteiger partial charge in [-0.15, -0.1) is 0 Å². The van der Waals surface area contributed by atoms with Crippen molar-refractivity contribution in [3.8, 4) is 28.6 Å². The maximum atomic E-state index is 13.5. The minimum absolute atomic E-state index is 0.0994. The van der Waals surface area contributed by atoms with Gasteiger partial charge >= 0.3 is 5.97 Å². The highest BCUT2D eigenvalue weighted by molar-refractivity contribution is 9.10. The van der Waals surface area contributed by atoms with E-state index in [1.54, 1.807) is 78.9 Å². The number of carbonyl (C=O) groups is 1. The molecule has 0 bridgehead atoms. The summed E-state index contributed by atoms with van der Waals surface area (Å²) in [6.45, 7) is 0.0994. The van der Waals surface area contributed by atoms with E-state index >= 15 is 0 Å². The molecule has 0 aliphatic carbocycles. The number of carbonyl (C=O) groups excluding carboxylic acids is 1. The fourth-order valence-electron chi connectivity index (χ4n) is 4.03. The van der Waals surface area contributed by atoms with E-state index in [0.29, 0.717) is 49.9 Å². The Bertz CT molecular complexity index is 1840. The molecule has 8 nitrogen and oxygen atoms in total. The number of aromatic nitrogens is 2. The first-order valence-corrected chi connectivity index (χ1v) is 12.9. The summed E-state index contributed by atoms with van der Waals surface area (Å²) in [6, 6.07) is 23.9. The second kappa shape index (κ2) is 10.4. The average molecular weight is 603 g/mol. The van der Waals surface area contributed by atoms with Crippen LogP contribution in [0.5, 0.6) is 17.2 Å². The zero-order chi connectivity index (χ0) is 26.9. The molecule has 4 aromatic carbocycles. The lowest BCUT2D eigenvalue weighted by Crippen LogP contribution is -2.20. The summed E-state index contributed by atoms with van der Waals surface area (Å²) < 4.78 is 18.3. The maximum Gasteiger partial charge on any atom is 0.343 e. The van der Waals surface area contributed by atoms with Crippen LogP contribution in [0.25, 0.3) is 22.3 Å². The molecular formula is C29H17BrClN3O5. The Kier molecular flexibility index (Phi) is 6.60. The Hall–Kier alpha value is -4.47. The molecule has 0 unspecified atom stereocenters. The molecule has 0 saturated heterocycles. The lowest BCUT2D eigenvalue weighted by molar-refractivity contribution is 0.0734. The number of nitrogens with zero attached hydrogens (tertiary/aromatic N) is 3. The Morgan fingerprint density at radius 1 is 1.00 bits per heavy atom. The first-order chi connectivity index (χ1) is 19.0. The van der Waals surface area contributed by atoms with E-state index in [4.69, 9.17) is 30.8 Å². The number of rotatable bonds is 5. The van der Waals surface area contributed by atoms with E-state index in [0.717, 1.165) is 4.47 Å². The van der Waals surface area contributed by atoms with Gasteiger partial charge in [-0.3, -0.25) is 4.79 Å². The van der Waals surface area contributed by atoms with Crippen molar-refractivity contribution >= 4 is 50.6 Å². The Morgan fingerprint density at radius 3 is 2.64 bits per heavy atom. The summed E-state index contributed by atoms with van der Waals surface area (Å²) in [4.78, 5) is 31.1. The van der Waals surface area contributed by atoms with E-state index in [1.165, 1.54) is 10.9 Å². The summed E-state index contributed by atoms with van der Waals surface area (Å²) in [6.07, 6.45) is 1.45.